The minimum atomic E-state index is -2.76. The highest BCUT2D eigenvalue weighted by Crippen LogP contribution is 2.06. The van der Waals surface area contributed by atoms with Crippen molar-refractivity contribution in [3.05, 3.63) is 12.3 Å². The van der Waals surface area contributed by atoms with Crippen LogP contribution in [-0.4, -0.2) is 36.2 Å². The normalized spacial score (nSPS) is 21.2. The Balaban J connectivity index is 3.23. The van der Waals surface area contributed by atoms with Crippen LogP contribution in [0.1, 0.15) is 0 Å². The van der Waals surface area contributed by atoms with Gasteiger partial charge in [0.15, 0.2) is 11.9 Å². The molecular weight excluding hydrogens is 201 g/mol. The Labute approximate surface area is 73.7 Å². The maximum atomic E-state index is 13.0. The molecular formula is C6H4FNO4S. The number of aliphatic imine (C=N–C) groups is 1. The van der Waals surface area contributed by atoms with E-state index in [4.69, 9.17) is 5.11 Å². The van der Waals surface area contributed by atoms with Crippen LogP contribution in [0.15, 0.2) is 17.3 Å². The number of carbonyl (C=O) groups is 1. The van der Waals surface area contributed by atoms with Crippen LogP contribution >= 0.6 is 0 Å². The summed E-state index contributed by atoms with van der Waals surface area (Å²) in [6, 6.07) is 0. The van der Waals surface area contributed by atoms with Crippen LogP contribution in [0.4, 0.5) is 4.39 Å². The number of halogens is 1. The van der Waals surface area contributed by atoms with Crippen LogP contribution in [0.3, 0.4) is 0 Å². The molecule has 1 aliphatic heterocycles. The van der Waals surface area contributed by atoms with E-state index in [0.29, 0.717) is 0 Å². The van der Waals surface area contributed by atoms with Gasteiger partial charge in [0.25, 0.3) is 0 Å². The number of nitrogens with zero attached hydrogens (tertiary/aromatic N) is 1. The van der Waals surface area contributed by atoms with Gasteiger partial charge in [-0.3, -0.25) is 4.99 Å². The Morgan fingerprint density at radius 2 is 2.23 bits per heavy atom. The summed E-state index contributed by atoms with van der Waals surface area (Å²) < 4.78 is 33.7. The Hall–Kier alpha value is -1.50. The van der Waals surface area contributed by atoms with Crippen molar-refractivity contribution in [3.8, 4) is 0 Å². The van der Waals surface area contributed by atoms with E-state index in [0.717, 1.165) is 12.3 Å². The molecule has 0 saturated heterocycles. The number of allylic oxidation sites excluding steroid dienone is 1. The second-order valence-electron chi connectivity index (χ2n) is 2.13. The van der Waals surface area contributed by atoms with Crippen LogP contribution in [0.2, 0.25) is 0 Å². The lowest BCUT2D eigenvalue weighted by Gasteiger charge is -2.08. The molecule has 0 amide bonds. The molecule has 0 fully saturated rings. The molecule has 0 bridgehead atoms. The summed E-state index contributed by atoms with van der Waals surface area (Å²) in [4.78, 5) is 12.9. The van der Waals surface area contributed by atoms with E-state index in [1.54, 1.807) is 0 Å². The first-order valence-electron chi connectivity index (χ1n) is 3.11. The highest BCUT2D eigenvalue weighted by molar-refractivity contribution is 7.73. The smallest absolute Gasteiger partial charge is 0.353 e. The van der Waals surface area contributed by atoms with Crippen molar-refractivity contribution in [1.82, 2.24) is 0 Å². The summed E-state index contributed by atoms with van der Waals surface area (Å²) in [7, 11) is -2.76. The third-order valence-corrected chi connectivity index (χ3v) is 2.08. The fourth-order valence-corrected chi connectivity index (χ4v) is 1.23. The number of alkyl halides is 1. The zero-order valence-corrected chi connectivity index (χ0v) is 6.95. The summed E-state index contributed by atoms with van der Waals surface area (Å²) in [5.41, 5.74) is -0.818. The van der Waals surface area contributed by atoms with Gasteiger partial charge in [0.2, 0.25) is 10.3 Å². The van der Waals surface area contributed by atoms with Gasteiger partial charge >= 0.3 is 5.97 Å². The highest BCUT2D eigenvalue weighted by Gasteiger charge is 2.28. The van der Waals surface area contributed by atoms with Crippen molar-refractivity contribution in [2.75, 3.05) is 0 Å². The van der Waals surface area contributed by atoms with E-state index >= 15 is 0 Å². The molecule has 13 heavy (non-hydrogen) atoms. The van der Waals surface area contributed by atoms with Crippen molar-refractivity contribution < 1.29 is 22.7 Å². The Kier molecular flexibility index (Phi) is 2.57. The molecule has 1 heterocycles. The molecule has 0 spiro atoms. The van der Waals surface area contributed by atoms with E-state index in [9.17, 15) is 17.6 Å². The zero-order valence-electron chi connectivity index (χ0n) is 6.14. The Bertz CT molecular complexity index is 426. The standard InChI is InChI=1S/C6H4FNO4S/c7-4-3(13(11)12)1-2-8-5(4)6(9)10/h1-2,4H,(H,9,10). The quantitative estimate of drug-likeness (QED) is 0.581. The van der Waals surface area contributed by atoms with Crippen LogP contribution in [0.5, 0.6) is 0 Å². The summed E-state index contributed by atoms with van der Waals surface area (Å²) in [5, 5.41) is 8.39. The van der Waals surface area contributed by atoms with Gasteiger partial charge in [0.05, 0.1) is 0 Å². The van der Waals surface area contributed by atoms with Gasteiger partial charge < -0.3 is 5.11 Å². The van der Waals surface area contributed by atoms with Crippen molar-refractivity contribution in [3.63, 3.8) is 0 Å². The van der Waals surface area contributed by atoms with Crippen molar-refractivity contribution >= 4 is 26.8 Å². The molecule has 1 unspecified atom stereocenters. The molecule has 7 heteroatoms. The van der Waals surface area contributed by atoms with Gasteiger partial charge in [-0.15, -0.1) is 0 Å². The number of carboxylic acids is 1. The maximum absolute atomic E-state index is 13.0. The van der Waals surface area contributed by atoms with E-state index in [-0.39, 0.29) is 0 Å². The third-order valence-electron chi connectivity index (χ3n) is 1.35. The molecule has 0 saturated carbocycles. The van der Waals surface area contributed by atoms with Gasteiger partial charge in [0, 0.05) is 6.20 Å². The van der Waals surface area contributed by atoms with E-state index in [2.05, 4.69) is 4.99 Å². The Morgan fingerprint density at radius 3 is 2.69 bits per heavy atom. The molecule has 1 N–H and O–H groups in total. The summed E-state index contributed by atoms with van der Waals surface area (Å²) in [5.74, 6) is -1.57. The lowest BCUT2D eigenvalue weighted by molar-refractivity contribution is -0.129. The van der Waals surface area contributed by atoms with Crippen LogP contribution in [-0.2, 0) is 15.1 Å². The van der Waals surface area contributed by atoms with Crippen molar-refractivity contribution in [1.29, 1.82) is 0 Å². The van der Waals surface area contributed by atoms with Crippen LogP contribution < -0.4 is 0 Å². The van der Waals surface area contributed by atoms with Gasteiger partial charge in [-0.1, -0.05) is 0 Å². The van der Waals surface area contributed by atoms with Gasteiger partial charge in [-0.25, -0.2) is 9.18 Å². The fourth-order valence-electron chi connectivity index (χ4n) is 0.779. The Morgan fingerprint density at radius 1 is 1.62 bits per heavy atom. The number of aliphatic carboxylic acids is 1. The SMILES string of the molecule is O=C(O)C1=NC=CC(=S(=O)=O)C1F. The van der Waals surface area contributed by atoms with E-state index < -0.39 is 33.0 Å². The average Bonchev–Trinajstić information content (AvgIpc) is 2.03. The third kappa shape index (κ3) is 1.81. The summed E-state index contributed by atoms with van der Waals surface area (Å²) >= 11 is 0. The molecule has 0 aromatic rings. The molecule has 0 aromatic heterocycles. The lowest BCUT2D eigenvalue weighted by atomic mass is 10.1. The van der Waals surface area contributed by atoms with Crippen molar-refractivity contribution in [2.45, 2.75) is 6.17 Å². The number of carboxylic acid groups (broad SMARTS) is 1. The zero-order chi connectivity index (χ0) is 10.0. The molecule has 0 aromatic carbocycles. The van der Waals surface area contributed by atoms with Crippen molar-refractivity contribution in [2.24, 2.45) is 4.99 Å². The van der Waals surface area contributed by atoms with Gasteiger partial charge in [-0.05, 0) is 6.08 Å². The van der Waals surface area contributed by atoms with Crippen LogP contribution in [0, 0.1) is 0 Å². The molecule has 0 radical (unpaired) electrons. The van der Waals surface area contributed by atoms with Crippen LogP contribution in [0.25, 0.3) is 0 Å². The number of rotatable bonds is 1. The predicted molar refractivity (Wildman–Crippen MR) is 43.0 cm³/mol. The molecule has 70 valence electrons. The largest absolute Gasteiger partial charge is 0.477 e. The first kappa shape index (κ1) is 9.59. The second kappa shape index (κ2) is 3.48. The van der Waals surface area contributed by atoms with Gasteiger partial charge in [0.1, 0.15) is 4.86 Å². The van der Waals surface area contributed by atoms with E-state index in [1.165, 1.54) is 0 Å². The first-order valence-corrected chi connectivity index (χ1v) is 4.19. The highest BCUT2D eigenvalue weighted by atomic mass is 32.2. The molecule has 1 aliphatic rings. The topological polar surface area (TPSA) is 83.8 Å². The molecule has 1 atom stereocenters. The second-order valence-corrected chi connectivity index (χ2v) is 3.08. The lowest BCUT2D eigenvalue weighted by Crippen LogP contribution is -2.33. The monoisotopic (exact) mass is 205 g/mol. The summed E-state index contributed by atoms with van der Waals surface area (Å²) in [6.07, 6.45) is -0.328. The summed E-state index contributed by atoms with van der Waals surface area (Å²) in [6.45, 7) is 0. The molecule has 0 aliphatic carbocycles. The number of hydrogen-bond donors (Lipinski definition) is 1. The van der Waals surface area contributed by atoms with Gasteiger partial charge in [-0.2, -0.15) is 8.42 Å². The maximum Gasteiger partial charge on any atom is 0.353 e. The number of hydrogen-bond acceptors (Lipinski definition) is 4. The molecule has 1 rings (SSSR count). The minimum absolute atomic E-state index is 0.618. The predicted octanol–water partition coefficient (Wildman–Crippen LogP) is -0.571. The van der Waals surface area contributed by atoms with E-state index in [1.807, 2.05) is 0 Å². The average molecular weight is 205 g/mol. The first-order chi connectivity index (χ1) is 6.04. The molecule has 5 nitrogen and oxygen atoms in total. The fraction of sp³-hybridized carbons (Fsp3) is 0.167. The minimum Gasteiger partial charge on any atom is -0.477 e.